The Balaban J connectivity index is 1.46. The highest BCUT2D eigenvalue weighted by Gasteiger charge is 2.30. The number of halogens is 8. The molecule has 0 atom stereocenters. The van der Waals surface area contributed by atoms with Gasteiger partial charge in [0.25, 0.3) is 0 Å². The van der Waals surface area contributed by atoms with E-state index in [0.717, 1.165) is 21.8 Å². The number of benzene rings is 2. The average molecular weight is 574 g/mol. The highest BCUT2D eigenvalue weighted by molar-refractivity contribution is 5.79. The van der Waals surface area contributed by atoms with Crippen molar-refractivity contribution in [2.75, 3.05) is 0 Å². The van der Waals surface area contributed by atoms with Crippen molar-refractivity contribution in [1.29, 1.82) is 0 Å². The van der Waals surface area contributed by atoms with Crippen LogP contribution in [0.25, 0.3) is 33.7 Å². The van der Waals surface area contributed by atoms with Crippen LogP contribution in [-0.2, 0) is 5.41 Å². The van der Waals surface area contributed by atoms with Gasteiger partial charge in [-0.3, -0.25) is 9.13 Å². The van der Waals surface area contributed by atoms with Gasteiger partial charge in [-0.2, -0.15) is 0 Å². The molecule has 0 bridgehead atoms. The van der Waals surface area contributed by atoms with E-state index >= 15 is 0 Å². The largest absolute Gasteiger partial charge is 0.280 e. The van der Waals surface area contributed by atoms with E-state index in [4.69, 9.17) is 0 Å². The van der Waals surface area contributed by atoms with Crippen molar-refractivity contribution < 1.29 is 35.1 Å². The standard InChI is InChI=1S/C27H14F8N6/c1-27(2,11-5-3-7-13(38-11)40-9-36-23-19(32)15(28)17(30)21(34)25(23)40)12-6-4-8-14(39-12)41-10-37-24-20(33)16(29)18(31)22(35)26(24)41/h3-10H,1-2H3. The topological polar surface area (TPSA) is 61.4 Å². The smallest absolute Gasteiger partial charge is 0.199 e. The third kappa shape index (κ3) is 3.77. The van der Waals surface area contributed by atoms with Crippen molar-refractivity contribution in [3.8, 4) is 11.6 Å². The molecule has 2 aromatic carbocycles. The molecular weight excluding hydrogens is 560 g/mol. The second-order valence-corrected chi connectivity index (χ2v) is 9.52. The molecule has 6 nitrogen and oxygen atoms in total. The zero-order valence-electron chi connectivity index (χ0n) is 20.8. The molecule has 0 spiro atoms. The Morgan fingerprint density at radius 1 is 0.512 bits per heavy atom. The van der Waals surface area contributed by atoms with Crippen LogP contribution in [0.3, 0.4) is 0 Å². The van der Waals surface area contributed by atoms with Crippen LogP contribution in [0.4, 0.5) is 35.1 Å². The van der Waals surface area contributed by atoms with E-state index < -0.39 is 74.0 Å². The Bertz CT molecular complexity index is 1890. The molecule has 0 radical (unpaired) electrons. The summed E-state index contributed by atoms with van der Waals surface area (Å²) in [5.41, 5.74) is -3.16. The molecule has 6 rings (SSSR count). The van der Waals surface area contributed by atoms with E-state index in [1.54, 1.807) is 26.0 Å². The first-order valence-corrected chi connectivity index (χ1v) is 11.8. The van der Waals surface area contributed by atoms with Crippen LogP contribution in [-0.4, -0.2) is 29.1 Å². The lowest BCUT2D eigenvalue weighted by atomic mass is 9.84. The third-order valence-electron chi connectivity index (χ3n) is 6.77. The highest BCUT2D eigenvalue weighted by atomic mass is 19.2. The van der Waals surface area contributed by atoms with Gasteiger partial charge in [-0.1, -0.05) is 12.1 Å². The molecule has 0 unspecified atom stereocenters. The summed E-state index contributed by atoms with van der Waals surface area (Å²) in [6, 6.07) is 9.06. The summed E-state index contributed by atoms with van der Waals surface area (Å²) in [6.07, 6.45) is 1.93. The fraction of sp³-hybridized carbons (Fsp3) is 0.111. The van der Waals surface area contributed by atoms with Crippen molar-refractivity contribution in [1.82, 2.24) is 29.1 Å². The minimum absolute atomic E-state index is 0.00538. The van der Waals surface area contributed by atoms with Crippen LogP contribution in [0.5, 0.6) is 0 Å². The summed E-state index contributed by atoms with van der Waals surface area (Å²) in [6.45, 7) is 3.40. The maximum atomic E-state index is 14.6. The number of aromatic nitrogens is 6. The Kier molecular flexibility index (Phi) is 5.83. The van der Waals surface area contributed by atoms with Crippen LogP contribution >= 0.6 is 0 Å². The predicted molar refractivity (Wildman–Crippen MR) is 130 cm³/mol. The first-order chi connectivity index (χ1) is 19.4. The minimum atomic E-state index is -2.00. The van der Waals surface area contributed by atoms with E-state index in [1.165, 1.54) is 24.3 Å². The van der Waals surface area contributed by atoms with Crippen LogP contribution in [0.15, 0.2) is 49.1 Å². The number of hydrogen-bond acceptors (Lipinski definition) is 4. The van der Waals surface area contributed by atoms with Gasteiger partial charge in [-0.15, -0.1) is 0 Å². The molecule has 0 saturated carbocycles. The third-order valence-corrected chi connectivity index (χ3v) is 6.77. The Morgan fingerprint density at radius 2 is 0.878 bits per heavy atom. The van der Waals surface area contributed by atoms with E-state index in [2.05, 4.69) is 19.9 Å². The average Bonchev–Trinajstić information content (AvgIpc) is 3.63. The number of pyridine rings is 2. The second kappa shape index (κ2) is 9.08. The highest BCUT2D eigenvalue weighted by Crippen LogP contribution is 2.33. The van der Waals surface area contributed by atoms with E-state index in [9.17, 15) is 35.1 Å². The molecule has 0 aliphatic heterocycles. The van der Waals surface area contributed by atoms with Crippen molar-refractivity contribution in [3.05, 3.63) is 107 Å². The van der Waals surface area contributed by atoms with Gasteiger partial charge in [-0.05, 0) is 38.1 Å². The molecule has 0 saturated heterocycles. The summed E-state index contributed by atoms with van der Waals surface area (Å²) < 4.78 is 115. The number of imidazole rings is 2. The summed E-state index contributed by atoms with van der Waals surface area (Å²) in [5, 5.41) is 0. The lowest BCUT2D eigenvalue weighted by Gasteiger charge is -2.25. The van der Waals surface area contributed by atoms with Gasteiger partial charge in [0.05, 0.1) is 11.4 Å². The molecule has 6 aromatic rings. The maximum absolute atomic E-state index is 14.6. The molecule has 4 aromatic heterocycles. The van der Waals surface area contributed by atoms with Crippen molar-refractivity contribution in [2.45, 2.75) is 19.3 Å². The van der Waals surface area contributed by atoms with Crippen molar-refractivity contribution >= 4 is 22.1 Å². The summed E-state index contributed by atoms with van der Waals surface area (Å²) in [7, 11) is 0. The zero-order valence-corrected chi connectivity index (χ0v) is 20.8. The molecule has 0 aliphatic rings. The lowest BCUT2D eigenvalue weighted by Crippen LogP contribution is -2.23. The number of nitrogens with zero attached hydrogens (tertiary/aromatic N) is 6. The Morgan fingerprint density at radius 3 is 1.27 bits per heavy atom. The van der Waals surface area contributed by atoms with Gasteiger partial charge in [-0.25, -0.2) is 55.1 Å². The summed E-state index contributed by atoms with van der Waals surface area (Å²) in [5.74, 6) is -14.6. The predicted octanol–water partition coefficient (Wildman–Crippen LogP) is 6.59. The van der Waals surface area contributed by atoms with Crippen LogP contribution < -0.4 is 0 Å². The van der Waals surface area contributed by atoms with Gasteiger partial charge >= 0.3 is 0 Å². The number of fused-ring (bicyclic) bond motifs is 2. The molecule has 0 N–H and O–H groups in total. The molecule has 14 heteroatoms. The van der Waals surface area contributed by atoms with Crippen molar-refractivity contribution in [3.63, 3.8) is 0 Å². The fourth-order valence-corrected chi connectivity index (χ4v) is 4.53. The first kappa shape index (κ1) is 26.3. The normalized spacial score (nSPS) is 12.1. The second-order valence-electron chi connectivity index (χ2n) is 9.52. The Hall–Kier alpha value is -4.88. The molecule has 41 heavy (non-hydrogen) atoms. The molecular formula is C27H14F8N6. The minimum Gasteiger partial charge on any atom is -0.280 e. The molecule has 4 heterocycles. The lowest BCUT2D eigenvalue weighted by molar-refractivity contribution is 0.416. The van der Waals surface area contributed by atoms with Crippen molar-refractivity contribution in [2.24, 2.45) is 0 Å². The SMILES string of the molecule is CC(C)(c1cccc(-n2cnc3c(F)c(F)c(F)c(F)c32)n1)c1cccc(-n2cnc3c(F)c(F)c(F)c(F)c32)n1. The van der Waals surface area contributed by atoms with Gasteiger partial charge in [0, 0.05) is 5.41 Å². The quantitative estimate of drug-likeness (QED) is 0.135. The summed E-state index contributed by atoms with van der Waals surface area (Å²) in [4.78, 5) is 16.3. The molecule has 208 valence electrons. The molecule has 0 aliphatic carbocycles. The van der Waals surface area contributed by atoms with Gasteiger partial charge in [0.1, 0.15) is 46.4 Å². The number of rotatable bonds is 4. The van der Waals surface area contributed by atoms with E-state index in [0.29, 0.717) is 11.4 Å². The van der Waals surface area contributed by atoms with Crippen LogP contribution in [0, 0.1) is 46.5 Å². The van der Waals surface area contributed by atoms with Gasteiger partial charge in [0.15, 0.2) is 46.5 Å². The van der Waals surface area contributed by atoms with Gasteiger partial charge < -0.3 is 0 Å². The van der Waals surface area contributed by atoms with E-state index in [1.807, 2.05) is 0 Å². The van der Waals surface area contributed by atoms with Crippen LogP contribution in [0.1, 0.15) is 25.2 Å². The monoisotopic (exact) mass is 574 g/mol. The van der Waals surface area contributed by atoms with E-state index in [-0.39, 0.29) is 11.6 Å². The summed E-state index contributed by atoms with van der Waals surface area (Å²) >= 11 is 0. The van der Waals surface area contributed by atoms with Gasteiger partial charge in [0.2, 0.25) is 0 Å². The first-order valence-electron chi connectivity index (χ1n) is 11.8. The Labute approximate surface area is 224 Å². The van der Waals surface area contributed by atoms with Crippen LogP contribution in [0.2, 0.25) is 0 Å². The maximum Gasteiger partial charge on any atom is 0.199 e. The molecule has 0 amide bonds. The fourth-order valence-electron chi connectivity index (χ4n) is 4.53. The zero-order chi connectivity index (χ0) is 29.4. The molecule has 0 fully saturated rings. The number of hydrogen-bond donors (Lipinski definition) is 0.